The predicted molar refractivity (Wildman–Crippen MR) is 80.6 cm³/mol. The third-order valence-electron chi connectivity index (χ3n) is 3.72. The van der Waals surface area contributed by atoms with Crippen molar-refractivity contribution in [3.05, 3.63) is 23.5 Å². The van der Waals surface area contributed by atoms with Gasteiger partial charge in [0.25, 0.3) is 5.91 Å². The summed E-state index contributed by atoms with van der Waals surface area (Å²) < 4.78 is 10.9. The van der Waals surface area contributed by atoms with Gasteiger partial charge in [0.2, 0.25) is 0 Å². The first kappa shape index (κ1) is 15.7. The lowest BCUT2D eigenvalue weighted by Crippen LogP contribution is -2.45. The number of amides is 1. The van der Waals surface area contributed by atoms with Crippen LogP contribution in [0, 0.1) is 6.92 Å². The third-order valence-corrected chi connectivity index (χ3v) is 3.72. The zero-order valence-electron chi connectivity index (χ0n) is 12.9. The van der Waals surface area contributed by atoms with Gasteiger partial charge in [-0.05, 0) is 19.9 Å². The van der Waals surface area contributed by atoms with E-state index in [2.05, 4.69) is 15.6 Å². The van der Waals surface area contributed by atoms with Crippen molar-refractivity contribution in [1.82, 2.24) is 10.3 Å². The number of ether oxygens (including phenoxy) is 2. The number of anilines is 1. The molecule has 0 spiro atoms. The second-order valence-corrected chi connectivity index (χ2v) is 5.27. The Labute approximate surface area is 125 Å². The van der Waals surface area contributed by atoms with Gasteiger partial charge in [-0.15, -0.1) is 0 Å². The first-order chi connectivity index (χ1) is 10.1. The van der Waals surface area contributed by atoms with E-state index in [9.17, 15) is 4.79 Å². The first-order valence-corrected chi connectivity index (χ1v) is 7.22. The summed E-state index contributed by atoms with van der Waals surface area (Å²) in [5.74, 6) is -0.151. The Morgan fingerprint density at radius 2 is 2.38 bits per heavy atom. The van der Waals surface area contributed by atoms with Crippen molar-refractivity contribution >= 4 is 11.6 Å². The van der Waals surface area contributed by atoms with Crippen molar-refractivity contribution in [2.75, 3.05) is 38.7 Å². The van der Waals surface area contributed by atoms with Crippen LogP contribution in [0.4, 0.5) is 5.69 Å². The molecule has 2 rings (SSSR count). The van der Waals surface area contributed by atoms with Gasteiger partial charge in [0, 0.05) is 45.1 Å². The van der Waals surface area contributed by atoms with E-state index < -0.39 is 5.60 Å². The minimum atomic E-state index is -0.411. The number of aromatic nitrogens is 1. The molecule has 0 radical (unpaired) electrons. The highest BCUT2D eigenvalue weighted by atomic mass is 16.5. The standard InChI is InChI=1S/C15H23N3O3/c1-4-16-13-7-11(2)17-8-12(13)14(19)18-9-15(20-3)5-6-21-10-15/h7-8H,4-6,9-10H2,1-3H3,(H,16,17)(H,18,19). The first-order valence-electron chi connectivity index (χ1n) is 7.22. The van der Waals surface area contributed by atoms with Gasteiger partial charge in [-0.25, -0.2) is 0 Å². The highest BCUT2D eigenvalue weighted by molar-refractivity contribution is 5.99. The summed E-state index contributed by atoms with van der Waals surface area (Å²) in [5.41, 5.74) is 1.82. The molecule has 1 saturated heterocycles. The van der Waals surface area contributed by atoms with Gasteiger partial charge < -0.3 is 20.1 Å². The molecule has 21 heavy (non-hydrogen) atoms. The molecule has 1 aliphatic heterocycles. The van der Waals surface area contributed by atoms with Crippen LogP contribution in [0.25, 0.3) is 0 Å². The molecule has 2 heterocycles. The van der Waals surface area contributed by atoms with Crippen LogP contribution >= 0.6 is 0 Å². The Morgan fingerprint density at radius 3 is 3.00 bits per heavy atom. The number of aryl methyl sites for hydroxylation is 1. The second-order valence-electron chi connectivity index (χ2n) is 5.27. The summed E-state index contributed by atoms with van der Waals surface area (Å²) in [5, 5.41) is 6.12. The van der Waals surface area contributed by atoms with E-state index in [0.29, 0.717) is 25.3 Å². The van der Waals surface area contributed by atoms with E-state index in [1.165, 1.54) is 0 Å². The molecule has 6 heteroatoms. The van der Waals surface area contributed by atoms with E-state index in [4.69, 9.17) is 9.47 Å². The lowest BCUT2D eigenvalue weighted by atomic mass is 10.0. The molecular formula is C15H23N3O3. The largest absolute Gasteiger partial charge is 0.385 e. The fourth-order valence-corrected chi connectivity index (χ4v) is 2.38. The van der Waals surface area contributed by atoms with Crippen LogP contribution in [0.3, 0.4) is 0 Å². The molecule has 0 aliphatic carbocycles. The third kappa shape index (κ3) is 3.71. The molecule has 1 aromatic heterocycles. The zero-order valence-corrected chi connectivity index (χ0v) is 12.9. The van der Waals surface area contributed by atoms with Crippen LogP contribution in [0.15, 0.2) is 12.3 Å². The molecule has 1 aliphatic rings. The molecule has 1 fully saturated rings. The maximum atomic E-state index is 12.4. The van der Waals surface area contributed by atoms with Gasteiger partial charge in [-0.2, -0.15) is 0 Å². The molecule has 0 bridgehead atoms. The number of hydrogen-bond donors (Lipinski definition) is 2. The Balaban J connectivity index is 2.06. The van der Waals surface area contributed by atoms with Crippen LogP contribution in [-0.4, -0.2) is 49.9 Å². The Bertz CT molecular complexity index is 499. The van der Waals surface area contributed by atoms with Crippen molar-refractivity contribution in [2.24, 2.45) is 0 Å². The van der Waals surface area contributed by atoms with Crippen molar-refractivity contribution in [1.29, 1.82) is 0 Å². The molecule has 1 aromatic rings. The fourth-order valence-electron chi connectivity index (χ4n) is 2.38. The van der Waals surface area contributed by atoms with E-state index in [0.717, 1.165) is 24.3 Å². The minimum Gasteiger partial charge on any atom is -0.385 e. The van der Waals surface area contributed by atoms with Crippen molar-refractivity contribution in [3.8, 4) is 0 Å². The number of hydrogen-bond acceptors (Lipinski definition) is 5. The van der Waals surface area contributed by atoms with E-state index >= 15 is 0 Å². The molecule has 0 aromatic carbocycles. The summed E-state index contributed by atoms with van der Waals surface area (Å²) in [6.07, 6.45) is 2.39. The summed E-state index contributed by atoms with van der Waals surface area (Å²) in [6, 6.07) is 1.88. The smallest absolute Gasteiger partial charge is 0.255 e. The average Bonchev–Trinajstić information content (AvgIpc) is 2.95. The molecule has 6 nitrogen and oxygen atoms in total. The molecule has 2 N–H and O–H groups in total. The van der Waals surface area contributed by atoms with Gasteiger partial charge in [0.05, 0.1) is 17.9 Å². The number of nitrogens with one attached hydrogen (secondary N) is 2. The Hall–Kier alpha value is -1.66. The number of carbonyl (C=O) groups excluding carboxylic acids is 1. The monoisotopic (exact) mass is 293 g/mol. The molecule has 1 amide bonds. The lowest BCUT2D eigenvalue weighted by molar-refractivity contribution is -0.0148. The van der Waals surface area contributed by atoms with Gasteiger partial charge in [0.15, 0.2) is 0 Å². The number of nitrogens with zero attached hydrogens (tertiary/aromatic N) is 1. The van der Waals surface area contributed by atoms with Crippen LogP contribution < -0.4 is 10.6 Å². The normalized spacial score (nSPS) is 21.3. The maximum Gasteiger partial charge on any atom is 0.255 e. The summed E-state index contributed by atoms with van der Waals surface area (Å²) >= 11 is 0. The van der Waals surface area contributed by atoms with Crippen LogP contribution in [0.1, 0.15) is 29.4 Å². The summed E-state index contributed by atoms with van der Waals surface area (Å²) in [4.78, 5) is 16.6. The van der Waals surface area contributed by atoms with Crippen LogP contribution in [0.5, 0.6) is 0 Å². The number of methoxy groups -OCH3 is 1. The van der Waals surface area contributed by atoms with Gasteiger partial charge >= 0.3 is 0 Å². The number of carbonyl (C=O) groups is 1. The highest BCUT2D eigenvalue weighted by Gasteiger charge is 2.35. The maximum absolute atomic E-state index is 12.4. The second kappa shape index (κ2) is 6.87. The highest BCUT2D eigenvalue weighted by Crippen LogP contribution is 2.22. The molecule has 1 unspecified atom stereocenters. The molecule has 116 valence electrons. The van der Waals surface area contributed by atoms with E-state index in [-0.39, 0.29) is 5.91 Å². The fraction of sp³-hybridized carbons (Fsp3) is 0.600. The summed E-state index contributed by atoms with van der Waals surface area (Å²) in [6.45, 7) is 6.25. The average molecular weight is 293 g/mol. The van der Waals surface area contributed by atoms with Gasteiger partial charge in [0.1, 0.15) is 5.60 Å². The van der Waals surface area contributed by atoms with Crippen LogP contribution in [-0.2, 0) is 9.47 Å². The van der Waals surface area contributed by atoms with Crippen molar-refractivity contribution in [3.63, 3.8) is 0 Å². The number of rotatable bonds is 6. The quantitative estimate of drug-likeness (QED) is 0.828. The minimum absolute atomic E-state index is 0.151. The lowest BCUT2D eigenvalue weighted by Gasteiger charge is -2.26. The van der Waals surface area contributed by atoms with Crippen LogP contribution in [0.2, 0.25) is 0 Å². The molecule has 1 atom stereocenters. The zero-order chi connectivity index (χ0) is 15.3. The Kier molecular flexibility index (Phi) is 5.14. The van der Waals surface area contributed by atoms with Crippen molar-refractivity contribution < 1.29 is 14.3 Å². The Morgan fingerprint density at radius 1 is 1.57 bits per heavy atom. The van der Waals surface area contributed by atoms with E-state index in [1.54, 1.807) is 13.3 Å². The predicted octanol–water partition coefficient (Wildman–Crippen LogP) is 1.36. The molecule has 0 saturated carbocycles. The SMILES string of the molecule is CCNc1cc(C)ncc1C(=O)NCC1(OC)CCOC1. The topological polar surface area (TPSA) is 72.5 Å². The van der Waals surface area contributed by atoms with Gasteiger partial charge in [-0.3, -0.25) is 9.78 Å². The molecular weight excluding hydrogens is 270 g/mol. The van der Waals surface area contributed by atoms with Gasteiger partial charge in [-0.1, -0.05) is 0 Å². The summed E-state index contributed by atoms with van der Waals surface area (Å²) in [7, 11) is 1.65. The number of pyridine rings is 1. The van der Waals surface area contributed by atoms with Crippen molar-refractivity contribution in [2.45, 2.75) is 25.9 Å². The van der Waals surface area contributed by atoms with E-state index in [1.807, 2.05) is 19.9 Å².